The second-order valence-electron chi connectivity index (χ2n) is 4.30. The second-order valence-corrected chi connectivity index (χ2v) is 4.30. The maximum absolute atomic E-state index is 10.9. The number of hydrogen-bond donors (Lipinski definition) is 0. The summed E-state index contributed by atoms with van der Waals surface area (Å²) in [6.07, 6.45) is 0. The topological polar surface area (TPSA) is 43.1 Å². The van der Waals surface area contributed by atoms with Gasteiger partial charge in [0.1, 0.15) is 6.54 Å². The molecule has 17 heavy (non-hydrogen) atoms. The number of nitrogens with zero attached hydrogens (tertiary/aromatic N) is 2. The fraction of sp³-hybridized carbons (Fsp3) is 0.500. The SMILES string of the molecule is CC[N+](C)(CC)Cc1ccccc1[N+](=O)[O-].[ClH2+]. The van der Waals surface area contributed by atoms with E-state index in [1.807, 2.05) is 12.1 Å². The van der Waals surface area contributed by atoms with Gasteiger partial charge >= 0.3 is 0 Å². The number of rotatable bonds is 5. The average molecular weight is 261 g/mol. The van der Waals surface area contributed by atoms with E-state index in [1.54, 1.807) is 12.1 Å². The van der Waals surface area contributed by atoms with Crippen LogP contribution in [-0.2, 0) is 6.54 Å². The van der Waals surface area contributed by atoms with Crippen molar-refractivity contribution in [3.05, 3.63) is 39.9 Å². The molecule has 96 valence electrons. The number of nitro groups is 1. The Labute approximate surface area is 108 Å². The van der Waals surface area contributed by atoms with Crippen molar-refractivity contribution in [1.29, 1.82) is 0 Å². The van der Waals surface area contributed by atoms with E-state index in [2.05, 4.69) is 20.9 Å². The van der Waals surface area contributed by atoms with E-state index in [9.17, 15) is 10.1 Å². The molecule has 0 aromatic heterocycles. The highest BCUT2D eigenvalue weighted by atomic mass is 35.5. The van der Waals surface area contributed by atoms with Gasteiger partial charge < -0.3 is 4.48 Å². The Morgan fingerprint density at radius 1 is 1.24 bits per heavy atom. The van der Waals surface area contributed by atoms with Crippen molar-refractivity contribution in [2.45, 2.75) is 20.4 Å². The molecular weight excluding hydrogens is 240 g/mol. The van der Waals surface area contributed by atoms with Crippen molar-refractivity contribution in [3.63, 3.8) is 0 Å². The van der Waals surface area contributed by atoms with Crippen molar-refractivity contribution < 1.29 is 21.8 Å². The fourth-order valence-electron chi connectivity index (χ4n) is 1.68. The molecule has 0 aliphatic rings. The Kier molecular flexibility index (Phi) is 6.13. The average Bonchev–Trinajstić information content (AvgIpc) is 2.29. The minimum absolute atomic E-state index is 0. The van der Waals surface area contributed by atoms with Gasteiger partial charge in [0.25, 0.3) is 5.69 Å². The third kappa shape index (κ3) is 3.98. The molecule has 0 N–H and O–H groups in total. The molecule has 0 aliphatic carbocycles. The predicted molar refractivity (Wildman–Crippen MR) is 66.9 cm³/mol. The first-order valence-electron chi connectivity index (χ1n) is 5.58. The molecule has 0 unspecified atom stereocenters. The molecule has 0 spiro atoms. The quantitative estimate of drug-likeness (QED) is 0.462. The highest BCUT2D eigenvalue weighted by molar-refractivity contribution is 5.39. The molecule has 0 amide bonds. The second kappa shape index (κ2) is 6.57. The standard InChI is InChI=1S/C12H19N2O2.ClH2/c1-4-14(3,5-2)10-11-8-6-7-9-12(11)13(15)16;/h6-9H,4-5,10H2,1-3H3;1H2/q2*+1. The molecule has 0 fully saturated rings. The Balaban J connectivity index is 0.00000256. The molecule has 0 heterocycles. The summed E-state index contributed by atoms with van der Waals surface area (Å²) in [4.78, 5) is 10.6. The minimum atomic E-state index is -0.301. The van der Waals surface area contributed by atoms with Gasteiger partial charge in [-0.25, -0.2) is 0 Å². The molecule has 0 saturated carbocycles. The third-order valence-electron chi connectivity index (χ3n) is 3.27. The van der Waals surface area contributed by atoms with Crippen LogP contribution in [0.4, 0.5) is 5.69 Å². The van der Waals surface area contributed by atoms with Crippen molar-refractivity contribution in [2.75, 3.05) is 20.1 Å². The van der Waals surface area contributed by atoms with Crippen LogP contribution in [0.25, 0.3) is 0 Å². The molecule has 1 rings (SSSR count). The number of para-hydroxylation sites is 1. The number of benzene rings is 1. The lowest BCUT2D eigenvalue weighted by Gasteiger charge is -2.31. The van der Waals surface area contributed by atoms with Crippen LogP contribution in [-0.4, -0.2) is 29.5 Å². The van der Waals surface area contributed by atoms with Crippen LogP contribution in [0, 0.1) is 22.5 Å². The molecular formula is C12H21ClN2O2+2. The largest absolute Gasteiger partial charge is 0.323 e. The summed E-state index contributed by atoms with van der Waals surface area (Å²) >= 11 is 0. The van der Waals surface area contributed by atoms with E-state index < -0.39 is 0 Å². The van der Waals surface area contributed by atoms with E-state index in [0.29, 0.717) is 6.54 Å². The monoisotopic (exact) mass is 260 g/mol. The molecule has 1 aromatic rings. The third-order valence-corrected chi connectivity index (χ3v) is 3.27. The van der Waals surface area contributed by atoms with Crippen molar-refractivity contribution >= 4 is 5.69 Å². The minimum Gasteiger partial charge on any atom is -0.323 e. The Bertz CT molecular complexity index is 379. The van der Waals surface area contributed by atoms with Crippen LogP contribution in [0.3, 0.4) is 0 Å². The van der Waals surface area contributed by atoms with Gasteiger partial charge in [-0.15, -0.1) is 0 Å². The number of hydrogen-bond acceptors (Lipinski definition) is 2. The van der Waals surface area contributed by atoms with Crippen molar-refractivity contribution in [3.8, 4) is 0 Å². The molecule has 0 radical (unpaired) electrons. The van der Waals surface area contributed by atoms with Crippen LogP contribution in [0.15, 0.2) is 24.3 Å². The summed E-state index contributed by atoms with van der Waals surface area (Å²) < 4.78 is 0.824. The van der Waals surface area contributed by atoms with Gasteiger partial charge in [0.15, 0.2) is 0 Å². The van der Waals surface area contributed by atoms with E-state index in [4.69, 9.17) is 0 Å². The van der Waals surface area contributed by atoms with E-state index in [0.717, 1.165) is 23.1 Å². The fourth-order valence-corrected chi connectivity index (χ4v) is 1.68. The number of quaternary nitrogens is 1. The smallest absolute Gasteiger partial charge is 0.278 e. The summed E-state index contributed by atoms with van der Waals surface area (Å²) in [6, 6.07) is 6.99. The summed E-state index contributed by atoms with van der Waals surface area (Å²) in [5.74, 6) is 0. The van der Waals surface area contributed by atoms with Crippen molar-refractivity contribution in [2.24, 2.45) is 0 Å². The maximum atomic E-state index is 10.9. The van der Waals surface area contributed by atoms with E-state index >= 15 is 0 Å². The summed E-state index contributed by atoms with van der Waals surface area (Å²) in [6.45, 7) is 6.88. The van der Waals surface area contributed by atoms with Crippen LogP contribution in [0.1, 0.15) is 19.4 Å². The summed E-state index contributed by atoms with van der Waals surface area (Å²) in [5.41, 5.74) is 1.05. The zero-order chi connectivity index (χ0) is 12.2. The lowest BCUT2D eigenvalue weighted by molar-refractivity contribution is -0.919. The van der Waals surface area contributed by atoms with Crippen LogP contribution in [0.5, 0.6) is 0 Å². The maximum Gasteiger partial charge on any atom is 0.278 e. The first kappa shape index (κ1) is 15.9. The predicted octanol–water partition coefficient (Wildman–Crippen LogP) is 2.05. The molecule has 0 saturated heterocycles. The van der Waals surface area contributed by atoms with E-state index in [1.165, 1.54) is 0 Å². The lowest BCUT2D eigenvalue weighted by atomic mass is 10.1. The molecule has 1 aromatic carbocycles. The van der Waals surface area contributed by atoms with E-state index in [-0.39, 0.29) is 23.0 Å². The number of nitro benzene ring substituents is 1. The van der Waals surface area contributed by atoms with Crippen LogP contribution in [0.2, 0.25) is 0 Å². The normalized spacial score (nSPS) is 10.8. The first-order chi connectivity index (χ1) is 7.52. The Morgan fingerprint density at radius 3 is 2.24 bits per heavy atom. The summed E-state index contributed by atoms with van der Waals surface area (Å²) in [7, 11) is 2.12. The van der Waals surface area contributed by atoms with Gasteiger partial charge in [-0.1, -0.05) is 12.1 Å². The Morgan fingerprint density at radius 2 is 1.76 bits per heavy atom. The lowest BCUT2D eigenvalue weighted by Crippen LogP contribution is -2.42. The van der Waals surface area contributed by atoms with Crippen molar-refractivity contribution in [1.82, 2.24) is 0 Å². The summed E-state index contributed by atoms with van der Waals surface area (Å²) in [5, 5.41) is 10.9. The molecule has 0 bridgehead atoms. The van der Waals surface area contributed by atoms with Crippen LogP contribution < -0.4 is 0 Å². The molecule has 0 aliphatic heterocycles. The number of halogens is 1. The highest BCUT2D eigenvalue weighted by Gasteiger charge is 2.22. The van der Waals surface area contributed by atoms with Gasteiger partial charge in [0, 0.05) is 6.07 Å². The molecule has 0 atom stereocenters. The van der Waals surface area contributed by atoms with Gasteiger partial charge in [0.2, 0.25) is 0 Å². The van der Waals surface area contributed by atoms with Gasteiger partial charge in [-0.05, 0) is 19.9 Å². The highest BCUT2D eigenvalue weighted by Crippen LogP contribution is 2.21. The van der Waals surface area contributed by atoms with Gasteiger partial charge in [0.05, 0.1) is 43.0 Å². The zero-order valence-corrected chi connectivity index (χ0v) is 11.5. The molecule has 5 heteroatoms. The first-order valence-corrected chi connectivity index (χ1v) is 5.58. The van der Waals surface area contributed by atoms with Crippen LogP contribution >= 0.6 is 0 Å². The zero-order valence-electron chi connectivity index (χ0n) is 10.6. The Hall–Kier alpha value is -1.13. The van der Waals surface area contributed by atoms with Gasteiger partial charge in [-0.2, -0.15) is 0 Å². The van der Waals surface area contributed by atoms with Gasteiger partial charge in [-0.3, -0.25) is 10.1 Å². The molecule has 4 nitrogen and oxygen atoms in total.